The van der Waals surface area contributed by atoms with Crippen LogP contribution in [0.2, 0.25) is 0 Å². The molecular formula is C10H12F3N3O4S. The van der Waals surface area contributed by atoms with Gasteiger partial charge in [-0.15, -0.1) is 0 Å². The van der Waals surface area contributed by atoms with Gasteiger partial charge < -0.3 is 5.73 Å². The second-order valence-electron chi connectivity index (χ2n) is 4.32. The van der Waals surface area contributed by atoms with Gasteiger partial charge in [-0.1, -0.05) is 0 Å². The maximum absolute atomic E-state index is 12.2. The monoisotopic (exact) mass is 327 g/mol. The smallest absolute Gasteiger partial charge is 0.390 e. The number of anilines is 1. The van der Waals surface area contributed by atoms with Crippen LogP contribution in [0.4, 0.5) is 24.5 Å². The van der Waals surface area contributed by atoms with Crippen molar-refractivity contribution in [3.63, 3.8) is 0 Å². The normalized spacial score (nSPS) is 13.9. The van der Waals surface area contributed by atoms with Crippen molar-refractivity contribution in [2.24, 2.45) is 0 Å². The van der Waals surface area contributed by atoms with Crippen LogP contribution in [0.3, 0.4) is 0 Å². The fourth-order valence-corrected chi connectivity index (χ4v) is 2.97. The highest BCUT2D eigenvalue weighted by molar-refractivity contribution is 7.89. The summed E-state index contributed by atoms with van der Waals surface area (Å²) in [6.45, 7) is 1.05. The minimum atomic E-state index is -4.52. The van der Waals surface area contributed by atoms with Crippen molar-refractivity contribution in [2.75, 3.05) is 5.73 Å². The van der Waals surface area contributed by atoms with Crippen molar-refractivity contribution in [3.05, 3.63) is 28.3 Å². The second kappa shape index (κ2) is 5.85. The number of hydrogen-bond acceptors (Lipinski definition) is 5. The van der Waals surface area contributed by atoms with Gasteiger partial charge in [-0.05, 0) is 13.0 Å². The first-order valence-electron chi connectivity index (χ1n) is 5.55. The van der Waals surface area contributed by atoms with Crippen molar-refractivity contribution in [1.29, 1.82) is 0 Å². The van der Waals surface area contributed by atoms with Crippen LogP contribution < -0.4 is 10.5 Å². The maximum atomic E-state index is 12.2. The number of nitro benzene ring substituents is 1. The van der Waals surface area contributed by atoms with Gasteiger partial charge in [-0.25, -0.2) is 13.1 Å². The number of alkyl halides is 3. The summed E-state index contributed by atoms with van der Waals surface area (Å²) >= 11 is 0. The first-order chi connectivity index (χ1) is 9.42. The molecule has 3 N–H and O–H groups in total. The standard InChI is InChI=1S/C10H12F3N3O4S/c1-6(5-10(11,12)13)15-21(19,20)9-3-2-7(16(17)18)4-8(9)14/h2-4,6,15H,5,14H2,1H3. The van der Waals surface area contributed by atoms with Crippen LogP contribution in [0.15, 0.2) is 23.1 Å². The summed E-state index contributed by atoms with van der Waals surface area (Å²) in [6.07, 6.45) is -5.87. The summed E-state index contributed by atoms with van der Waals surface area (Å²) in [7, 11) is -4.30. The van der Waals surface area contributed by atoms with Crippen LogP contribution in [0.1, 0.15) is 13.3 Å². The van der Waals surface area contributed by atoms with Gasteiger partial charge in [-0.3, -0.25) is 10.1 Å². The molecule has 7 nitrogen and oxygen atoms in total. The minimum Gasteiger partial charge on any atom is -0.397 e. The number of nitrogens with zero attached hydrogens (tertiary/aromatic N) is 1. The molecule has 0 aliphatic carbocycles. The molecule has 11 heteroatoms. The Labute approximate surface area is 118 Å². The molecule has 1 rings (SSSR count). The Hall–Kier alpha value is -1.88. The van der Waals surface area contributed by atoms with E-state index in [2.05, 4.69) is 0 Å². The summed E-state index contributed by atoms with van der Waals surface area (Å²) in [5, 5.41) is 10.5. The Morgan fingerprint density at radius 3 is 2.43 bits per heavy atom. The van der Waals surface area contributed by atoms with E-state index in [0.717, 1.165) is 25.1 Å². The van der Waals surface area contributed by atoms with E-state index < -0.39 is 49.9 Å². The van der Waals surface area contributed by atoms with Gasteiger partial charge in [0.2, 0.25) is 10.0 Å². The fraction of sp³-hybridized carbons (Fsp3) is 0.400. The van der Waals surface area contributed by atoms with Gasteiger partial charge >= 0.3 is 6.18 Å². The Balaban J connectivity index is 3.01. The molecule has 21 heavy (non-hydrogen) atoms. The van der Waals surface area contributed by atoms with Gasteiger partial charge in [-0.2, -0.15) is 13.2 Å². The SMILES string of the molecule is CC(CC(F)(F)F)NS(=O)(=O)c1ccc([N+](=O)[O-])cc1N. The number of nitrogens with one attached hydrogen (secondary N) is 1. The molecule has 0 aliphatic rings. The quantitative estimate of drug-likeness (QED) is 0.486. The molecule has 0 fully saturated rings. The molecule has 0 bridgehead atoms. The molecular weight excluding hydrogens is 315 g/mol. The Bertz CT molecular complexity index is 645. The third kappa shape index (κ3) is 4.86. The highest BCUT2D eigenvalue weighted by atomic mass is 32.2. The summed E-state index contributed by atoms with van der Waals surface area (Å²) in [5.74, 6) is 0. The molecule has 0 spiro atoms. The second-order valence-corrected chi connectivity index (χ2v) is 6.00. The maximum Gasteiger partial charge on any atom is 0.390 e. The number of sulfonamides is 1. The Kier molecular flexibility index (Phi) is 4.79. The zero-order valence-electron chi connectivity index (χ0n) is 10.7. The fourth-order valence-electron chi connectivity index (χ4n) is 1.61. The molecule has 0 saturated carbocycles. The number of hydrogen-bond donors (Lipinski definition) is 2. The van der Waals surface area contributed by atoms with E-state index >= 15 is 0 Å². The van der Waals surface area contributed by atoms with Crippen LogP contribution in [-0.4, -0.2) is 25.6 Å². The number of nitrogen functional groups attached to an aromatic ring is 1. The molecule has 1 aromatic carbocycles. The van der Waals surface area contributed by atoms with Crippen molar-refractivity contribution in [3.8, 4) is 0 Å². The summed E-state index contributed by atoms with van der Waals surface area (Å²) in [6, 6.07) is 1.20. The first kappa shape index (κ1) is 17.2. The summed E-state index contributed by atoms with van der Waals surface area (Å²) in [4.78, 5) is 9.23. The minimum absolute atomic E-state index is 0.420. The molecule has 0 aromatic heterocycles. The average Bonchev–Trinajstić information content (AvgIpc) is 2.24. The highest BCUT2D eigenvalue weighted by Gasteiger charge is 2.32. The van der Waals surface area contributed by atoms with Gasteiger partial charge in [0.1, 0.15) is 4.90 Å². The van der Waals surface area contributed by atoms with Crippen molar-refractivity contribution < 1.29 is 26.5 Å². The number of nitrogens with two attached hydrogens (primary N) is 1. The lowest BCUT2D eigenvalue weighted by molar-refractivity contribution is -0.384. The molecule has 1 atom stereocenters. The third-order valence-electron chi connectivity index (χ3n) is 2.39. The highest BCUT2D eigenvalue weighted by Crippen LogP contribution is 2.26. The first-order valence-corrected chi connectivity index (χ1v) is 7.03. The molecule has 0 saturated heterocycles. The lowest BCUT2D eigenvalue weighted by Crippen LogP contribution is -2.36. The topological polar surface area (TPSA) is 115 Å². The van der Waals surface area contributed by atoms with Crippen molar-refractivity contribution >= 4 is 21.4 Å². The lowest BCUT2D eigenvalue weighted by atomic mass is 10.2. The summed E-state index contributed by atoms with van der Waals surface area (Å²) < 4.78 is 62.1. The number of nitro groups is 1. The molecule has 1 unspecified atom stereocenters. The van der Waals surface area contributed by atoms with Crippen molar-refractivity contribution in [1.82, 2.24) is 4.72 Å². The lowest BCUT2D eigenvalue weighted by Gasteiger charge is -2.16. The largest absolute Gasteiger partial charge is 0.397 e. The third-order valence-corrected chi connectivity index (χ3v) is 4.05. The Morgan fingerprint density at radius 2 is 2.00 bits per heavy atom. The number of rotatable bonds is 5. The van der Waals surface area contributed by atoms with Crippen LogP contribution in [0.5, 0.6) is 0 Å². The summed E-state index contributed by atoms with van der Waals surface area (Å²) in [5.41, 5.74) is 4.56. The van der Waals surface area contributed by atoms with Crippen LogP contribution in [0.25, 0.3) is 0 Å². The molecule has 0 amide bonds. The van der Waals surface area contributed by atoms with E-state index in [4.69, 9.17) is 5.73 Å². The molecule has 0 heterocycles. The van der Waals surface area contributed by atoms with Gasteiger partial charge in [0.05, 0.1) is 17.0 Å². The predicted octanol–water partition coefficient (Wildman–Crippen LogP) is 1.80. The number of non-ortho nitro benzene ring substituents is 1. The van der Waals surface area contributed by atoms with Gasteiger partial charge in [0, 0.05) is 18.2 Å². The van der Waals surface area contributed by atoms with Crippen LogP contribution in [0, 0.1) is 10.1 Å². The Morgan fingerprint density at radius 1 is 1.43 bits per heavy atom. The van der Waals surface area contributed by atoms with E-state index in [9.17, 15) is 31.7 Å². The zero-order chi connectivity index (χ0) is 16.4. The van der Waals surface area contributed by atoms with E-state index in [1.54, 1.807) is 0 Å². The molecule has 1 aromatic rings. The van der Waals surface area contributed by atoms with E-state index in [-0.39, 0.29) is 0 Å². The predicted molar refractivity (Wildman–Crippen MR) is 68.0 cm³/mol. The molecule has 0 aliphatic heterocycles. The number of benzene rings is 1. The van der Waals surface area contributed by atoms with Crippen LogP contribution in [-0.2, 0) is 10.0 Å². The molecule has 118 valence electrons. The van der Waals surface area contributed by atoms with Gasteiger partial charge in [0.25, 0.3) is 5.69 Å². The van der Waals surface area contributed by atoms with Gasteiger partial charge in [0.15, 0.2) is 0 Å². The van der Waals surface area contributed by atoms with E-state index in [1.165, 1.54) is 0 Å². The van der Waals surface area contributed by atoms with E-state index in [0.29, 0.717) is 0 Å². The van der Waals surface area contributed by atoms with E-state index in [1.807, 2.05) is 4.72 Å². The average molecular weight is 327 g/mol. The van der Waals surface area contributed by atoms with Crippen molar-refractivity contribution in [2.45, 2.75) is 30.5 Å². The zero-order valence-corrected chi connectivity index (χ0v) is 11.5. The van der Waals surface area contributed by atoms with Crippen LogP contribution >= 0.6 is 0 Å². The molecule has 0 radical (unpaired) electrons. The number of halogens is 3.